The van der Waals surface area contributed by atoms with E-state index in [-0.39, 0.29) is 34.5 Å². The second-order valence-electron chi connectivity index (χ2n) is 7.18. The summed E-state index contributed by atoms with van der Waals surface area (Å²) in [6.45, 7) is 7.24. The Hall–Kier alpha value is -2.18. The van der Waals surface area contributed by atoms with Crippen LogP contribution >= 0.6 is 0 Å². The molecule has 7 nitrogen and oxygen atoms in total. The molecule has 1 aliphatic rings. The number of nitrogens with zero attached hydrogens (tertiary/aromatic N) is 2. The van der Waals surface area contributed by atoms with Crippen LogP contribution in [-0.4, -0.2) is 46.0 Å². The SMILES string of the molecule is CC(C)(C)CC(=O)NC1CCN(C(=O)c2ccc(=O)[nH]n2)CC1. The summed E-state index contributed by atoms with van der Waals surface area (Å²) in [4.78, 5) is 36.9. The van der Waals surface area contributed by atoms with Crippen LogP contribution in [0.2, 0.25) is 0 Å². The predicted molar refractivity (Wildman–Crippen MR) is 86.0 cm³/mol. The van der Waals surface area contributed by atoms with Gasteiger partial charge in [0.05, 0.1) is 0 Å². The van der Waals surface area contributed by atoms with Gasteiger partial charge in [-0.1, -0.05) is 20.8 Å². The first-order chi connectivity index (χ1) is 10.7. The largest absolute Gasteiger partial charge is 0.353 e. The average Bonchev–Trinajstić information content (AvgIpc) is 2.46. The topological polar surface area (TPSA) is 95.2 Å². The number of aromatic nitrogens is 2. The van der Waals surface area contributed by atoms with Crippen LogP contribution in [0.1, 0.15) is 50.5 Å². The van der Waals surface area contributed by atoms with E-state index < -0.39 is 0 Å². The van der Waals surface area contributed by atoms with Gasteiger partial charge in [0.25, 0.3) is 11.5 Å². The monoisotopic (exact) mass is 320 g/mol. The van der Waals surface area contributed by atoms with Crippen molar-refractivity contribution in [2.45, 2.75) is 46.1 Å². The molecule has 1 aliphatic heterocycles. The zero-order valence-corrected chi connectivity index (χ0v) is 13.9. The molecule has 1 aromatic heterocycles. The minimum atomic E-state index is -0.332. The van der Waals surface area contributed by atoms with Crippen LogP contribution in [0.5, 0.6) is 0 Å². The molecule has 0 saturated carbocycles. The van der Waals surface area contributed by atoms with Gasteiger partial charge >= 0.3 is 0 Å². The maximum absolute atomic E-state index is 12.3. The third-order valence-corrected chi connectivity index (χ3v) is 3.74. The zero-order chi connectivity index (χ0) is 17.0. The van der Waals surface area contributed by atoms with Crippen LogP contribution < -0.4 is 10.9 Å². The first-order valence-electron chi connectivity index (χ1n) is 7.89. The van der Waals surface area contributed by atoms with E-state index in [2.05, 4.69) is 15.5 Å². The molecular formula is C16H24N4O3. The Morgan fingerprint density at radius 3 is 2.48 bits per heavy atom. The molecule has 0 aliphatic carbocycles. The van der Waals surface area contributed by atoms with Gasteiger partial charge in [0.1, 0.15) is 5.69 Å². The van der Waals surface area contributed by atoms with Gasteiger partial charge in [0.15, 0.2) is 0 Å². The van der Waals surface area contributed by atoms with Crippen molar-refractivity contribution in [1.82, 2.24) is 20.4 Å². The fourth-order valence-corrected chi connectivity index (χ4v) is 2.61. The maximum atomic E-state index is 12.3. The highest BCUT2D eigenvalue weighted by Crippen LogP contribution is 2.19. The molecule has 126 valence electrons. The molecule has 2 N–H and O–H groups in total. The van der Waals surface area contributed by atoms with Crippen LogP contribution in [0.4, 0.5) is 0 Å². The molecule has 23 heavy (non-hydrogen) atoms. The van der Waals surface area contributed by atoms with Gasteiger partial charge < -0.3 is 10.2 Å². The second kappa shape index (κ2) is 6.93. The third kappa shape index (κ3) is 5.19. The summed E-state index contributed by atoms with van der Waals surface area (Å²) in [5, 5.41) is 9.07. The lowest BCUT2D eigenvalue weighted by Gasteiger charge is -2.32. The summed E-state index contributed by atoms with van der Waals surface area (Å²) < 4.78 is 0. The van der Waals surface area contributed by atoms with Crippen molar-refractivity contribution in [2.24, 2.45) is 5.41 Å². The highest BCUT2D eigenvalue weighted by atomic mass is 16.2. The number of carbonyl (C=O) groups excluding carboxylic acids is 2. The molecule has 0 spiro atoms. The molecule has 0 aromatic carbocycles. The number of carbonyl (C=O) groups is 2. The number of likely N-dealkylation sites (tertiary alicyclic amines) is 1. The van der Waals surface area contributed by atoms with Gasteiger partial charge in [0.2, 0.25) is 5.91 Å². The Labute approximate surface area is 135 Å². The van der Waals surface area contributed by atoms with Crippen molar-refractivity contribution in [3.63, 3.8) is 0 Å². The van der Waals surface area contributed by atoms with Crippen molar-refractivity contribution in [1.29, 1.82) is 0 Å². The molecule has 2 heterocycles. The maximum Gasteiger partial charge on any atom is 0.274 e. The Morgan fingerprint density at radius 1 is 1.30 bits per heavy atom. The van der Waals surface area contributed by atoms with E-state index in [1.54, 1.807) is 4.90 Å². The van der Waals surface area contributed by atoms with E-state index in [0.29, 0.717) is 19.5 Å². The molecule has 0 unspecified atom stereocenters. The second-order valence-corrected chi connectivity index (χ2v) is 7.18. The van der Waals surface area contributed by atoms with E-state index in [1.165, 1.54) is 12.1 Å². The number of amides is 2. The highest BCUT2D eigenvalue weighted by Gasteiger charge is 2.26. The predicted octanol–water partition coefficient (Wildman–Crippen LogP) is 0.927. The van der Waals surface area contributed by atoms with Gasteiger partial charge in [-0.25, -0.2) is 5.10 Å². The lowest BCUT2D eigenvalue weighted by atomic mass is 9.91. The number of nitrogens with one attached hydrogen (secondary N) is 2. The van der Waals surface area contributed by atoms with Gasteiger partial charge in [-0.05, 0) is 24.3 Å². The van der Waals surface area contributed by atoms with Crippen LogP contribution in [0.15, 0.2) is 16.9 Å². The first kappa shape index (κ1) is 17.2. The zero-order valence-electron chi connectivity index (χ0n) is 13.9. The molecule has 7 heteroatoms. The van der Waals surface area contributed by atoms with Crippen LogP contribution in [-0.2, 0) is 4.79 Å². The molecule has 1 aromatic rings. The van der Waals surface area contributed by atoms with Crippen LogP contribution in [0, 0.1) is 5.41 Å². The first-order valence-corrected chi connectivity index (χ1v) is 7.89. The van der Waals surface area contributed by atoms with Gasteiger partial charge in [-0.2, -0.15) is 5.10 Å². The quantitative estimate of drug-likeness (QED) is 0.866. The lowest BCUT2D eigenvalue weighted by Crippen LogP contribution is -2.47. The number of aromatic amines is 1. The third-order valence-electron chi connectivity index (χ3n) is 3.74. The van der Waals surface area contributed by atoms with Crippen molar-refractivity contribution in [2.75, 3.05) is 13.1 Å². The van der Waals surface area contributed by atoms with E-state index in [1.807, 2.05) is 20.8 Å². The Kier molecular flexibility index (Phi) is 5.18. The molecule has 1 fully saturated rings. The Bertz CT molecular complexity index is 604. The number of rotatable bonds is 3. The Balaban J connectivity index is 1.84. The average molecular weight is 320 g/mol. The number of hydrogen-bond donors (Lipinski definition) is 2. The molecule has 2 amide bonds. The molecule has 1 saturated heterocycles. The number of hydrogen-bond acceptors (Lipinski definition) is 4. The molecule has 0 bridgehead atoms. The summed E-state index contributed by atoms with van der Waals surface area (Å²) in [7, 11) is 0. The standard InChI is InChI=1S/C16H24N4O3/c1-16(2,3)10-14(22)17-11-6-8-20(9-7-11)15(23)12-4-5-13(21)19-18-12/h4-5,11H,6-10H2,1-3H3,(H,17,22)(H,19,21). The molecule has 0 radical (unpaired) electrons. The van der Waals surface area contributed by atoms with Crippen molar-refractivity contribution in [3.8, 4) is 0 Å². The summed E-state index contributed by atoms with van der Waals surface area (Å²) in [6.07, 6.45) is 1.95. The summed E-state index contributed by atoms with van der Waals surface area (Å²) >= 11 is 0. The van der Waals surface area contributed by atoms with Crippen LogP contribution in [0.3, 0.4) is 0 Å². The number of H-pyrrole nitrogens is 1. The summed E-state index contributed by atoms with van der Waals surface area (Å²) in [5.41, 5.74) is -0.127. The normalized spacial score (nSPS) is 16.2. The van der Waals surface area contributed by atoms with E-state index in [0.717, 1.165) is 12.8 Å². The molecule has 2 rings (SSSR count). The van der Waals surface area contributed by atoms with E-state index >= 15 is 0 Å². The van der Waals surface area contributed by atoms with Gasteiger partial charge in [-0.3, -0.25) is 14.4 Å². The highest BCUT2D eigenvalue weighted by molar-refractivity contribution is 5.92. The molecular weight excluding hydrogens is 296 g/mol. The van der Waals surface area contributed by atoms with E-state index in [4.69, 9.17) is 0 Å². The number of piperidine rings is 1. The van der Waals surface area contributed by atoms with Crippen LogP contribution in [0.25, 0.3) is 0 Å². The lowest BCUT2D eigenvalue weighted by molar-refractivity contribution is -0.123. The van der Waals surface area contributed by atoms with Gasteiger partial charge in [0, 0.05) is 31.6 Å². The minimum Gasteiger partial charge on any atom is -0.353 e. The van der Waals surface area contributed by atoms with Gasteiger partial charge in [-0.15, -0.1) is 0 Å². The summed E-state index contributed by atoms with van der Waals surface area (Å²) in [6, 6.07) is 2.83. The fraction of sp³-hybridized carbons (Fsp3) is 0.625. The fourth-order valence-electron chi connectivity index (χ4n) is 2.61. The smallest absolute Gasteiger partial charge is 0.274 e. The minimum absolute atomic E-state index is 0.0311. The Morgan fingerprint density at radius 2 is 1.96 bits per heavy atom. The summed E-state index contributed by atoms with van der Waals surface area (Å²) in [5.74, 6) is -0.134. The van der Waals surface area contributed by atoms with Crippen molar-refractivity contribution >= 4 is 11.8 Å². The van der Waals surface area contributed by atoms with Crippen molar-refractivity contribution < 1.29 is 9.59 Å². The molecule has 0 atom stereocenters. The van der Waals surface area contributed by atoms with E-state index in [9.17, 15) is 14.4 Å². The van der Waals surface area contributed by atoms with Crippen molar-refractivity contribution in [3.05, 3.63) is 28.2 Å².